The van der Waals surface area contributed by atoms with Gasteiger partial charge in [0, 0.05) is 28.3 Å². The summed E-state index contributed by atoms with van der Waals surface area (Å²) in [5.41, 5.74) is 2.23. The van der Waals surface area contributed by atoms with Crippen molar-refractivity contribution in [1.29, 1.82) is 0 Å². The first-order valence-corrected chi connectivity index (χ1v) is 9.46. The van der Waals surface area contributed by atoms with Gasteiger partial charge in [0.05, 0.1) is 13.7 Å². The molecular weight excluding hydrogens is 334 g/mol. The van der Waals surface area contributed by atoms with Crippen LogP contribution in [0.5, 0.6) is 5.75 Å². The smallest absolute Gasteiger partial charge is 0.255 e. The van der Waals surface area contributed by atoms with Crippen LogP contribution in [0.3, 0.4) is 0 Å². The van der Waals surface area contributed by atoms with Gasteiger partial charge in [0.1, 0.15) is 5.75 Å². The fourth-order valence-corrected chi connectivity index (χ4v) is 2.80. The molecule has 134 valence electrons. The lowest BCUT2D eigenvalue weighted by Crippen LogP contribution is -2.13. The van der Waals surface area contributed by atoms with Gasteiger partial charge < -0.3 is 14.8 Å². The van der Waals surface area contributed by atoms with Crippen LogP contribution in [0.1, 0.15) is 29.8 Å². The van der Waals surface area contributed by atoms with Gasteiger partial charge in [-0.15, -0.1) is 11.8 Å². The van der Waals surface area contributed by atoms with Crippen molar-refractivity contribution < 1.29 is 14.3 Å². The molecule has 0 bridgehead atoms. The molecule has 0 aliphatic heterocycles. The van der Waals surface area contributed by atoms with Gasteiger partial charge in [0.2, 0.25) is 0 Å². The van der Waals surface area contributed by atoms with Gasteiger partial charge in [0.15, 0.2) is 0 Å². The number of carbonyl (C=O) groups is 1. The minimum Gasteiger partial charge on any atom is -0.496 e. The van der Waals surface area contributed by atoms with E-state index in [1.165, 1.54) is 0 Å². The molecule has 0 unspecified atom stereocenters. The molecule has 1 amide bonds. The Kier molecular flexibility index (Phi) is 7.34. The van der Waals surface area contributed by atoms with Crippen molar-refractivity contribution in [2.75, 3.05) is 25.3 Å². The lowest BCUT2D eigenvalue weighted by molar-refractivity contribution is 0.0952. The third-order valence-corrected chi connectivity index (χ3v) is 4.30. The molecule has 1 N–H and O–H groups in total. The summed E-state index contributed by atoms with van der Waals surface area (Å²) >= 11 is 1.64. The van der Waals surface area contributed by atoms with E-state index in [4.69, 9.17) is 9.47 Å². The molecule has 2 rings (SSSR count). The number of carbonyl (C=O) groups excluding carboxylic acids is 1. The van der Waals surface area contributed by atoms with Crippen molar-refractivity contribution in [2.45, 2.75) is 25.3 Å². The maximum Gasteiger partial charge on any atom is 0.255 e. The first-order chi connectivity index (χ1) is 12.0. The standard InChI is InChI=1S/C20H25NO3S/c1-14(2)12-24-13-16-10-15(8-9-19(16)23-3)20(22)21-17-6-5-7-18(11-17)25-4/h5-11,14H,12-13H2,1-4H3,(H,21,22). The number of thioether (sulfide) groups is 1. The lowest BCUT2D eigenvalue weighted by Gasteiger charge is -2.13. The van der Waals surface area contributed by atoms with Crippen LogP contribution >= 0.6 is 11.8 Å². The predicted octanol–water partition coefficient (Wildman–Crippen LogP) is 4.84. The van der Waals surface area contributed by atoms with E-state index in [9.17, 15) is 4.79 Å². The van der Waals surface area contributed by atoms with E-state index in [-0.39, 0.29) is 5.91 Å². The maximum absolute atomic E-state index is 12.5. The summed E-state index contributed by atoms with van der Waals surface area (Å²) < 4.78 is 11.1. The molecule has 0 radical (unpaired) electrons. The highest BCUT2D eigenvalue weighted by molar-refractivity contribution is 7.98. The third-order valence-electron chi connectivity index (χ3n) is 3.58. The zero-order chi connectivity index (χ0) is 18.2. The first kappa shape index (κ1) is 19.3. The number of hydrogen-bond donors (Lipinski definition) is 1. The van der Waals surface area contributed by atoms with Crippen molar-refractivity contribution >= 4 is 23.4 Å². The highest BCUT2D eigenvalue weighted by Crippen LogP contribution is 2.23. The molecule has 25 heavy (non-hydrogen) atoms. The second-order valence-electron chi connectivity index (χ2n) is 6.12. The Morgan fingerprint density at radius 2 is 2.00 bits per heavy atom. The maximum atomic E-state index is 12.5. The molecule has 0 aliphatic rings. The number of ether oxygens (including phenoxy) is 2. The predicted molar refractivity (Wildman–Crippen MR) is 104 cm³/mol. The molecule has 2 aromatic rings. The molecule has 2 aromatic carbocycles. The molecule has 0 fully saturated rings. The van der Waals surface area contributed by atoms with Gasteiger partial charge in [0.25, 0.3) is 5.91 Å². The van der Waals surface area contributed by atoms with Crippen LogP contribution in [0.2, 0.25) is 0 Å². The quantitative estimate of drug-likeness (QED) is 0.685. The Morgan fingerprint density at radius 3 is 2.68 bits per heavy atom. The fraction of sp³-hybridized carbons (Fsp3) is 0.350. The molecule has 4 nitrogen and oxygen atoms in total. The first-order valence-electron chi connectivity index (χ1n) is 8.23. The third kappa shape index (κ3) is 5.80. The molecule has 0 saturated heterocycles. The summed E-state index contributed by atoms with van der Waals surface area (Å²) in [5, 5.41) is 2.94. The summed E-state index contributed by atoms with van der Waals surface area (Å²) in [4.78, 5) is 13.7. The van der Waals surface area contributed by atoms with Gasteiger partial charge in [-0.25, -0.2) is 0 Å². The van der Waals surface area contributed by atoms with Gasteiger partial charge in [-0.1, -0.05) is 19.9 Å². The van der Waals surface area contributed by atoms with Gasteiger partial charge in [-0.05, 0) is 48.6 Å². The number of methoxy groups -OCH3 is 1. The summed E-state index contributed by atoms with van der Waals surface area (Å²) in [6.07, 6.45) is 2.01. The van der Waals surface area contributed by atoms with E-state index in [2.05, 4.69) is 19.2 Å². The molecule has 0 aromatic heterocycles. The minimum absolute atomic E-state index is 0.147. The summed E-state index contributed by atoms with van der Waals surface area (Å²) in [6.45, 7) is 5.29. The molecule has 0 aliphatic carbocycles. The van der Waals surface area contributed by atoms with Crippen molar-refractivity contribution in [3.8, 4) is 5.75 Å². The molecule has 0 spiro atoms. The molecular formula is C20H25NO3S. The minimum atomic E-state index is -0.147. The van der Waals surface area contributed by atoms with Crippen molar-refractivity contribution in [2.24, 2.45) is 5.92 Å². The normalized spacial score (nSPS) is 10.8. The van der Waals surface area contributed by atoms with E-state index < -0.39 is 0 Å². The number of nitrogens with one attached hydrogen (secondary N) is 1. The van der Waals surface area contributed by atoms with Crippen LogP contribution in [0, 0.1) is 5.92 Å². The Labute approximate surface area is 153 Å². The van der Waals surface area contributed by atoms with Gasteiger partial charge in [-0.3, -0.25) is 4.79 Å². The number of amides is 1. The largest absolute Gasteiger partial charge is 0.496 e. The second kappa shape index (κ2) is 9.49. The van der Waals surface area contributed by atoms with E-state index in [0.29, 0.717) is 24.7 Å². The number of hydrogen-bond acceptors (Lipinski definition) is 4. The average Bonchev–Trinajstić information content (AvgIpc) is 2.61. The zero-order valence-electron chi connectivity index (χ0n) is 15.2. The summed E-state index contributed by atoms with van der Waals surface area (Å²) in [6, 6.07) is 13.2. The summed E-state index contributed by atoms with van der Waals surface area (Å²) in [7, 11) is 1.62. The Hall–Kier alpha value is -1.98. The highest BCUT2D eigenvalue weighted by Gasteiger charge is 2.11. The van der Waals surface area contributed by atoms with Crippen LogP contribution in [0.25, 0.3) is 0 Å². The lowest BCUT2D eigenvalue weighted by atomic mass is 10.1. The fourth-order valence-electron chi connectivity index (χ4n) is 2.34. The molecule has 5 heteroatoms. The van der Waals surface area contributed by atoms with Crippen LogP contribution in [-0.2, 0) is 11.3 Å². The highest BCUT2D eigenvalue weighted by atomic mass is 32.2. The number of anilines is 1. The molecule has 0 atom stereocenters. The van der Waals surface area contributed by atoms with E-state index in [1.54, 1.807) is 31.0 Å². The number of benzene rings is 2. The topological polar surface area (TPSA) is 47.6 Å². The van der Waals surface area contributed by atoms with Gasteiger partial charge in [-0.2, -0.15) is 0 Å². The second-order valence-corrected chi connectivity index (χ2v) is 7.00. The molecule has 0 saturated carbocycles. The Morgan fingerprint density at radius 1 is 1.20 bits per heavy atom. The van der Waals surface area contributed by atoms with E-state index in [1.807, 2.05) is 36.6 Å². The number of rotatable bonds is 8. The van der Waals surface area contributed by atoms with E-state index in [0.717, 1.165) is 21.9 Å². The van der Waals surface area contributed by atoms with Crippen LogP contribution in [0.15, 0.2) is 47.4 Å². The van der Waals surface area contributed by atoms with Crippen LogP contribution < -0.4 is 10.1 Å². The van der Waals surface area contributed by atoms with Crippen molar-refractivity contribution in [3.05, 3.63) is 53.6 Å². The zero-order valence-corrected chi connectivity index (χ0v) is 16.0. The Bertz CT molecular complexity index is 716. The Balaban J connectivity index is 2.12. The van der Waals surface area contributed by atoms with Crippen LogP contribution in [0.4, 0.5) is 5.69 Å². The monoisotopic (exact) mass is 359 g/mol. The molecule has 0 heterocycles. The van der Waals surface area contributed by atoms with Crippen LogP contribution in [-0.4, -0.2) is 25.9 Å². The SMILES string of the molecule is COc1ccc(C(=O)Nc2cccc(SC)c2)cc1COCC(C)C. The van der Waals surface area contributed by atoms with Crippen molar-refractivity contribution in [3.63, 3.8) is 0 Å². The summed E-state index contributed by atoms with van der Waals surface area (Å²) in [5.74, 6) is 1.04. The average molecular weight is 359 g/mol. The van der Waals surface area contributed by atoms with E-state index >= 15 is 0 Å². The van der Waals surface area contributed by atoms with Gasteiger partial charge >= 0.3 is 0 Å². The van der Waals surface area contributed by atoms with Crippen molar-refractivity contribution in [1.82, 2.24) is 0 Å².